The van der Waals surface area contributed by atoms with E-state index in [0.717, 1.165) is 10.2 Å². The van der Waals surface area contributed by atoms with Crippen LogP contribution in [0.1, 0.15) is 0 Å². The molecule has 6 nitrogen and oxygen atoms in total. The van der Waals surface area contributed by atoms with Crippen LogP contribution in [0.15, 0.2) is 119 Å². The highest BCUT2D eigenvalue weighted by atomic mass is 32.1. The molecule has 0 bridgehead atoms. The van der Waals surface area contributed by atoms with Crippen molar-refractivity contribution < 1.29 is 13.9 Å². The average molecular weight is 491 g/mol. The fourth-order valence-electron chi connectivity index (χ4n) is 3.97. The smallest absolute Gasteiger partial charge is 0.424 e. The molecule has 2 heterocycles. The van der Waals surface area contributed by atoms with Gasteiger partial charge in [0.15, 0.2) is 0 Å². The fraction of sp³-hybridized carbons (Fsp3) is 0. The minimum Gasteiger partial charge on any atom is -0.463 e. The molecule has 0 N–H and O–H groups in total. The van der Waals surface area contributed by atoms with Gasteiger partial charge in [-0.3, -0.25) is 4.79 Å². The summed E-state index contributed by atoms with van der Waals surface area (Å²) in [6, 6.07) is 31.0. The molecular weight excluding hydrogens is 472 g/mol. The second-order valence-corrected chi connectivity index (χ2v) is 9.03. The molecule has 36 heavy (non-hydrogen) atoms. The van der Waals surface area contributed by atoms with Crippen LogP contribution in [0.2, 0.25) is 0 Å². The van der Waals surface area contributed by atoms with Crippen molar-refractivity contribution in [3.63, 3.8) is 0 Å². The van der Waals surface area contributed by atoms with Crippen molar-refractivity contribution >= 4 is 50.0 Å². The van der Waals surface area contributed by atoms with Crippen LogP contribution in [0.4, 0.5) is 16.2 Å². The van der Waals surface area contributed by atoms with Crippen molar-refractivity contribution in [1.29, 1.82) is 0 Å². The van der Waals surface area contributed by atoms with E-state index in [0.29, 0.717) is 32.9 Å². The number of carbonyl (C=O) groups is 1. The zero-order valence-corrected chi connectivity index (χ0v) is 19.6. The van der Waals surface area contributed by atoms with Crippen LogP contribution in [-0.4, -0.2) is 11.1 Å². The first kappa shape index (κ1) is 21.8. The summed E-state index contributed by atoms with van der Waals surface area (Å²) in [6.45, 7) is 0. The van der Waals surface area contributed by atoms with Gasteiger partial charge in [-0.05, 0) is 48.5 Å². The van der Waals surface area contributed by atoms with Crippen molar-refractivity contribution in [1.82, 2.24) is 4.98 Å². The fourth-order valence-corrected chi connectivity index (χ4v) is 4.94. The summed E-state index contributed by atoms with van der Waals surface area (Å²) in [5, 5.41) is 0.984. The number of aromatic nitrogens is 1. The minimum absolute atomic E-state index is 0.191. The van der Waals surface area contributed by atoms with Crippen molar-refractivity contribution in [2.24, 2.45) is 0 Å². The first-order valence-corrected chi connectivity index (χ1v) is 12.0. The number of nitrogens with zero attached hydrogens (tertiary/aromatic N) is 2. The largest absolute Gasteiger partial charge is 0.463 e. The van der Waals surface area contributed by atoms with Gasteiger partial charge >= 0.3 is 6.09 Å². The Morgan fingerprint density at radius 1 is 0.833 bits per heavy atom. The quantitative estimate of drug-likeness (QED) is 0.257. The zero-order valence-electron chi connectivity index (χ0n) is 18.8. The molecule has 4 aromatic carbocycles. The molecule has 174 valence electrons. The molecule has 0 atom stereocenters. The molecule has 0 aliphatic heterocycles. The molecule has 6 rings (SSSR count). The molecule has 0 radical (unpaired) electrons. The van der Waals surface area contributed by atoms with Crippen molar-refractivity contribution in [3.8, 4) is 16.3 Å². The number of hydrogen-bond acceptors (Lipinski definition) is 6. The van der Waals surface area contributed by atoms with E-state index in [-0.39, 0.29) is 11.2 Å². The van der Waals surface area contributed by atoms with Gasteiger partial charge in [0.1, 0.15) is 22.6 Å². The van der Waals surface area contributed by atoms with E-state index in [1.165, 1.54) is 22.5 Å². The lowest BCUT2D eigenvalue weighted by molar-refractivity contribution is 0.210. The minimum atomic E-state index is -0.583. The van der Waals surface area contributed by atoms with Crippen LogP contribution >= 0.6 is 11.3 Å². The van der Waals surface area contributed by atoms with Crippen LogP contribution in [0.25, 0.3) is 31.8 Å². The van der Waals surface area contributed by atoms with E-state index in [1.54, 1.807) is 18.2 Å². The maximum atomic E-state index is 13.2. The number of fused-ring (bicyclic) bond motifs is 2. The summed E-state index contributed by atoms with van der Waals surface area (Å²) >= 11 is 1.44. The highest BCUT2D eigenvalue weighted by molar-refractivity contribution is 7.21. The highest BCUT2D eigenvalue weighted by Crippen LogP contribution is 2.31. The predicted molar refractivity (Wildman–Crippen MR) is 142 cm³/mol. The Hall–Kier alpha value is -4.75. The number of carbonyl (C=O) groups excluding carboxylic acids is 1. The summed E-state index contributed by atoms with van der Waals surface area (Å²) in [5.41, 5.74) is 2.70. The van der Waals surface area contributed by atoms with Gasteiger partial charge in [0.05, 0.1) is 32.5 Å². The molecule has 0 saturated heterocycles. The molecule has 0 saturated carbocycles. The topological polar surface area (TPSA) is 72.6 Å². The Kier molecular flexibility index (Phi) is 5.52. The van der Waals surface area contributed by atoms with Gasteiger partial charge in [0, 0.05) is 6.07 Å². The first-order valence-electron chi connectivity index (χ1n) is 11.2. The summed E-state index contributed by atoms with van der Waals surface area (Å²) in [7, 11) is 0. The molecule has 0 aliphatic carbocycles. The normalized spacial score (nSPS) is 11.0. The first-order chi connectivity index (χ1) is 17.7. The Balaban J connectivity index is 1.33. The van der Waals surface area contributed by atoms with Gasteiger partial charge in [0.25, 0.3) is 0 Å². The van der Waals surface area contributed by atoms with Gasteiger partial charge in [0.2, 0.25) is 5.43 Å². The lowest BCUT2D eigenvalue weighted by Crippen LogP contribution is -2.29. The van der Waals surface area contributed by atoms with Crippen molar-refractivity contribution in [3.05, 3.63) is 120 Å². The number of para-hydroxylation sites is 3. The Bertz CT molecular complexity index is 1690. The summed E-state index contributed by atoms with van der Waals surface area (Å²) in [5.74, 6) is 0.264. The Morgan fingerprint density at radius 2 is 1.50 bits per heavy atom. The molecule has 0 fully saturated rings. The monoisotopic (exact) mass is 490 g/mol. The van der Waals surface area contributed by atoms with Crippen LogP contribution in [0.5, 0.6) is 5.75 Å². The van der Waals surface area contributed by atoms with Gasteiger partial charge in [-0.25, -0.2) is 14.7 Å². The van der Waals surface area contributed by atoms with Crippen LogP contribution < -0.4 is 15.1 Å². The number of ether oxygens (including phenoxy) is 1. The van der Waals surface area contributed by atoms with E-state index in [4.69, 9.17) is 9.15 Å². The van der Waals surface area contributed by atoms with Gasteiger partial charge in [-0.15, -0.1) is 11.3 Å². The van der Waals surface area contributed by atoms with E-state index < -0.39 is 6.09 Å². The molecule has 6 aromatic rings. The molecule has 1 amide bonds. The van der Waals surface area contributed by atoms with E-state index in [2.05, 4.69) is 4.98 Å². The summed E-state index contributed by atoms with van der Waals surface area (Å²) in [6.07, 6.45) is 0.828. The summed E-state index contributed by atoms with van der Waals surface area (Å²) in [4.78, 5) is 32.5. The van der Waals surface area contributed by atoms with Crippen LogP contribution in [-0.2, 0) is 0 Å². The standard InChI is InChI=1S/C29H18N2O4S/c32-27-22-16-15-21(17-25(22)34-18-23(27)28-30-24-13-7-8-14-26(24)36-28)35-29(33)31(19-9-3-1-4-10-19)20-11-5-2-6-12-20/h1-18H. The molecule has 7 heteroatoms. The Labute approximate surface area is 209 Å². The number of rotatable bonds is 4. The lowest BCUT2D eigenvalue weighted by Gasteiger charge is -2.22. The van der Waals surface area contributed by atoms with E-state index in [1.807, 2.05) is 84.9 Å². The number of anilines is 2. The van der Waals surface area contributed by atoms with Crippen molar-refractivity contribution in [2.45, 2.75) is 0 Å². The van der Waals surface area contributed by atoms with Gasteiger partial charge in [-0.2, -0.15) is 0 Å². The third-order valence-electron chi connectivity index (χ3n) is 5.69. The highest BCUT2D eigenvalue weighted by Gasteiger charge is 2.21. The number of thiazole rings is 1. The molecule has 0 spiro atoms. The second-order valence-electron chi connectivity index (χ2n) is 8.00. The molecule has 2 aromatic heterocycles. The predicted octanol–water partition coefficient (Wildman–Crippen LogP) is 7.41. The maximum Gasteiger partial charge on any atom is 0.424 e. The maximum absolute atomic E-state index is 13.2. The van der Waals surface area contributed by atoms with Gasteiger partial charge < -0.3 is 9.15 Å². The molecule has 0 unspecified atom stereocenters. The third kappa shape index (κ3) is 4.01. The number of amides is 1. The molecular formula is C29H18N2O4S. The second kappa shape index (κ2) is 9.13. The average Bonchev–Trinajstić information content (AvgIpc) is 3.34. The van der Waals surface area contributed by atoms with Crippen molar-refractivity contribution in [2.75, 3.05) is 4.90 Å². The lowest BCUT2D eigenvalue weighted by atomic mass is 10.1. The Morgan fingerprint density at radius 3 is 2.19 bits per heavy atom. The zero-order chi connectivity index (χ0) is 24.5. The van der Waals surface area contributed by atoms with E-state index >= 15 is 0 Å². The molecule has 0 aliphatic rings. The van der Waals surface area contributed by atoms with Crippen LogP contribution in [0.3, 0.4) is 0 Å². The van der Waals surface area contributed by atoms with Gasteiger partial charge in [-0.1, -0.05) is 48.5 Å². The van der Waals surface area contributed by atoms with E-state index in [9.17, 15) is 9.59 Å². The third-order valence-corrected chi connectivity index (χ3v) is 6.76. The SMILES string of the molecule is O=C(Oc1ccc2c(=O)c(-c3nc4ccccc4s3)coc2c1)N(c1ccccc1)c1ccccc1. The number of hydrogen-bond donors (Lipinski definition) is 0. The number of benzene rings is 4. The van der Waals surface area contributed by atoms with Crippen LogP contribution in [0, 0.1) is 0 Å². The summed E-state index contributed by atoms with van der Waals surface area (Å²) < 4.78 is 12.5.